The lowest BCUT2D eigenvalue weighted by Gasteiger charge is -2.23. The summed E-state index contributed by atoms with van der Waals surface area (Å²) in [6, 6.07) is 22.7. The minimum Gasteiger partial charge on any atom is -0.448 e. The molecule has 1 unspecified atom stereocenters. The summed E-state index contributed by atoms with van der Waals surface area (Å²) in [6.07, 6.45) is -0.250. The number of rotatable bonds is 4. The molecule has 1 aliphatic heterocycles. The number of carbonyl (C=O) groups excluding carboxylic acids is 2. The molecule has 35 heavy (non-hydrogen) atoms. The number of ether oxygens (including phenoxy) is 1. The standard InChI is InChI=1S/C29H26N2O4/c1-18-12-14-21(15-13-18)25-22-9-5-6-10-23(22)28(33)30(3)26(25)29(34)35-19(2)27(32)31-17-16-20-8-4-7-11-24(20)31/h4-15,19H,16-17H2,1-3H3. The number of fused-ring (bicyclic) bond motifs is 2. The second-order valence-electron chi connectivity index (χ2n) is 8.92. The molecule has 176 valence electrons. The fourth-order valence-corrected chi connectivity index (χ4v) is 4.77. The first kappa shape index (κ1) is 22.6. The highest BCUT2D eigenvalue weighted by Crippen LogP contribution is 2.32. The fraction of sp³-hybridized carbons (Fsp3) is 0.207. The minimum absolute atomic E-state index is 0.124. The molecule has 0 spiro atoms. The van der Waals surface area contributed by atoms with Crippen LogP contribution in [0.4, 0.5) is 5.69 Å². The molecule has 1 aliphatic rings. The van der Waals surface area contributed by atoms with E-state index in [0.29, 0.717) is 22.9 Å². The van der Waals surface area contributed by atoms with E-state index in [0.717, 1.165) is 28.8 Å². The van der Waals surface area contributed by atoms with Crippen LogP contribution in [0.1, 0.15) is 28.5 Å². The first-order valence-electron chi connectivity index (χ1n) is 11.7. The van der Waals surface area contributed by atoms with Crippen molar-refractivity contribution in [1.29, 1.82) is 0 Å². The van der Waals surface area contributed by atoms with E-state index >= 15 is 0 Å². The van der Waals surface area contributed by atoms with Crippen LogP contribution in [-0.2, 0) is 23.0 Å². The second-order valence-corrected chi connectivity index (χ2v) is 8.92. The zero-order valence-corrected chi connectivity index (χ0v) is 19.9. The molecule has 4 aromatic rings. The molecule has 1 atom stereocenters. The number of aromatic nitrogens is 1. The van der Waals surface area contributed by atoms with Crippen LogP contribution in [0.15, 0.2) is 77.6 Å². The predicted molar refractivity (Wildman–Crippen MR) is 137 cm³/mol. The van der Waals surface area contributed by atoms with Gasteiger partial charge < -0.3 is 14.2 Å². The maximum Gasteiger partial charge on any atom is 0.356 e. The fourth-order valence-electron chi connectivity index (χ4n) is 4.77. The molecule has 0 aliphatic carbocycles. The molecule has 0 N–H and O–H groups in total. The Morgan fingerprint density at radius 3 is 2.31 bits per heavy atom. The van der Waals surface area contributed by atoms with Crippen molar-refractivity contribution in [3.05, 3.63) is 100.0 Å². The Balaban J connectivity index is 1.55. The van der Waals surface area contributed by atoms with E-state index in [9.17, 15) is 14.4 Å². The van der Waals surface area contributed by atoms with Gasteiger partial charge in [-0.3, -0.25) is 9.59 Å². The number of esters is 1. The van der Waals surface area contributed by atoms with Crippen molar-refractivity contribution in [3.63, 3.8) is 0 Å². The van der Waals surface area contributed by atoms with Gasteiger partial charge in [0.1, 0.15) is 5.69 Å². The number of nitrogens with zero attached hydrogens (tertiary/aromatic N) is 2. The summed E-state index contributed by atoms with van der Waals surface area (Å²) >= 11 is 0. The summed E-state index contributed by atoms with van der Waals surface area (Å²) in [5, 5.41) is 1.18. The van der Waals surface area contributed by atoms with Gasteiger partial charge in [0.25, 0.3) is 11.5 Å². The van der Waals surface area contributed by atoms with Crippen molar-refractivity contribution < 1.29 is 14.3 Å². The van der Waals surface area contributed by atoms with Crippen molar-refractivity contribution in [2.45, 2.75) is 26.4 Å². The van der Waals surface area contributed by atoms with E-state index in [4.69, 9.17) is 4.74 Å². The van der Waals surface area contributed by atoms with Crippen molar-refractivity contribution in [2.24, 2.45) is 7.05 Å². The Bertz CT molecular complexity index is 1520. The highest BCUT2D eigenvalue weighted by atomic mass is 16.5. The first-order chi connectivity index (χ1) is 16.9. The van der Waals surface area contributed by atoms with Gasteiger partial charge >= 0.3 is 5.97 Å². The van der Waals surface area contributed by atoms with Crippen LogP contribution in [0, 0.1) is 6.92 Å². The largest absolute Gasteiger partial charge is 0.448 e. The molecular formula is C29H26N2O4. The van der Waals surface area contributed by atoms with Crippen molar-refractivity contribution in [1.82, 2.24) is 4.57 Å². The van der Waals surface area contributed by atoms with Crippen molar-refractivity contribution >= 4 is 28.3 Å². The topological polar surface area (TPSA) is 68.6 Å². The minimum atomic E-state index is -1.01. The molecule has 3 aromatic carbocycles. The lowest BCUT2D eigenvalue weighted by Crippen LogP contribution is -2.39. The van der Waals surface area contributed by atoms with Gasteiger partial charge in [-0.15, -0.1) is 0 Å². The number of hydrogen-bond donors (Lipinski definition) is 0. The molecular weight excluding hydrogens is 440 g/mol. The number of benzene rings is 3. The van der Waals surface area contributed by atoms with Gasteiger partial charge in [0.15, 0.2) is 6.10 Å². The third-order valence-electron chi connectivity index (χ3n) is 6.62. The molecule has 1 aromatic heterocycles. The van der Waals surface area contributed by atoms with Crippen LogP contribution in [0.3, 0.4) is 0 Å². The molecule has 0 radical (unpaired) electrons. The van der Waals surface area contributed by atoms with Crippen LogP contribution in [0.2, 0.25) is 0 Å². The van der Waals surface area contributed by atoms with Gasteiger partial charge in [0.2, 0.25) is 0 Å². The van der Waals surface area contributed by atoms with Gasteiger partial charge in [-0.1, -0.05) is 66.2 Å². The second kappa shape index (κ2) is 8.87. The summed E-state index contributed by atoms with van der Waals surface area (Å²) in [6.45, 7) is 4.11. The third-order valence-corrected chi connectivity index (χ3v) is 6.62. The lowest BCUT2D eigenvalue weighted by atomic mass is 9.96. The zero-order chi connectivity index (χ0) is 24.7. The summed E-state index contributed by atoms with van der Waals surface area (Å²) < 4.78 is 7.03. The zero-order valence-electron chi connectivity index (χ0n) is 19.9. The Kier molecular flexibility index (Phi) is 5.73. The van der Waals surface area contributed by atoms with Crippen molar-refractivity contribution in [3.8, 4) is 11.1 Å². The Labute approximate surface area is 203 Å². The Hall–Kier alpha value is -4.19. The van der Waals surface area contributed by atoms with E-state index in [1.54, 1.807) is 31.0 Å². The number of aryl methyl sites for hydroxylation is 1. The SMILES string of the molecule is Cc1ccc(-c2c(C(=O)OC(C)C(=O)N3CCc4ccccc43)n(C)c(=O)c3ccccc23)cc1. The van der Waals surface area contributed by atoms with E-state index in [2.05, 4.69) is 0 Å². The number of anilines is 1. The number of amides is 1. The van der Waals surface area contributed by atoms with E-state index in [1.165, 1.54) is 4.57 Å². The number of carbonyl (C=O) groups is 2. The average Bonchev–Trinajstić information content (AvgIpc) is 3.30. The Morgan fingerprint density at radius 2 is 1.57 bits per heavy atom. The van der Waals surface area contributed by atoms with Crippen LogP contribution < -0.4 is 10.5 Å². The number of hydrogen-bond acceptors (Lipinski definition) is 4. The van der Waals surface area contributed by atoms with E-state index in [-0.39, 0.29) is 17.2 Å². The molecule has 0 saturated heterocycles. The molecule has 0 fully saturated rings. The van der Waals surface area contributed by atoms with E-state index < -0.39 is 12.1 Å². The number of pyridine rings is 1. The molecule has 0 saturated carbocycles. The first-order valence-corrected chi connectivity index (χ1v) is 11.7. The monoisotopic (exact) mass is 466 g/mol. The highest BCUT2D eigenvalue weighted by Gasteiger charge is 2.31. The predicted octanol–water partition coefficient (Wildman–Crippen LogP) is 4.65. The summed E-state index contributed by atoms with van der Waals surface area (Å²) in [5.41, 5.74) is 4.25. The Morgan fingerprint density at radius 1 is 0.914 bits per heavy atom. The van der Waals surface area contributed by atoms with Crippen LogP contribution in [-0.4, -0.2) is 29.1 Å². The molecule has 2 heterocycles. The average molecular weight is 467 g/mol. The van der Waals surface area contributed by atoms with Gasteiger partial charge in [-0.25, -0.2) is 4.79 Å². The molecule has 1 amide bonds. The molecule has 5 rings (SSSR count). The van der Waals surface area contributed by atoms with Gasteiger partial charge in [-0.05, 0) is 48.9 Å². The molecule has 0 bridgehead atoms. The summed E-state index contributed by atoms with van der Waals surface area (Å²) in [5.74, 6) is -0.995. The van der Waals surface area contributed by atoms with Crippen molar-refractivity contribution in [2.75, 3.05) is 11.4 Å². The lowest BCUT2D eigenvalue weighted by molar-refractivity contribution is -0.126. The van der Waals surface area contributed by atoms with Crippen LogP contribution in [0.5, 0.6) is 0 Å². The smallest absolute Gasteiger partial charge is 0.356 e. The van der Waals surface area contributed by atoms with Crippen LogP contribution in [0.25, 0.3) is 21.9 Å². The number of para-hydroxylation sites is 1. The normalized spacial score (nSPS) is 13.5. The third kappa shape index (κ3) is 3.91. The maximum atomic E-state index is 13.5. The van der Waals surface area contributed by atoms with Gasteiger partial charge in [0, 0.05) is 30.2 Å². The van der Waals surface area contributed by atoms with Gasteiger partial charge in [-0.2, -0.15) is 0 Å². The quantitative estimate of drug-likeness (QED) is 0.411. The summed E-state index contributed by atoms with van der Waals surface area (Å²) in [7, 11) is 1.56. The maximum absolute atomic E-state index is 13.5. The highest BCUT2D eigenvalue weighted by molar-refractivity contribution is 6.07. The van der Waals surface area contributed by atoms with Crippen LogP contribution >= 0.6 is 0 Å². The van der Waals surface area contributed by atoms with E-state index in [1.807, 2.05) is 67.6 Å². The summed E-state index contributed by atoms with van der Waals surface area (Å²) in [4.78, 5) is 41.6. The van der Waals surface area contributed by atoms with Gasteiger partial charge in [0.05, 0.1) is 0 Å². The molecule has 6 nitrogen and oxygen atoms in total. The molecule has 6 heteroatoms.